The molecule has 1 aromatic rings. The predicted octanol–water partition coefficient (Wildman–Crippen LogP) is -1.57. The summed E-state index contributed by atoms with van der Waals surface area (Å²) in [7, 11) is 0. The van der Waals surface area contributed by atoms with E-state index >= 15 is 0 Å². The highest BCUT2D eigenvalue weighted by Crippen LogP contribution is 1.99. The van der Waals surface area contributed by atoms with Crippen molar-refractivity contribution in [3.05, 3.63) is 18.2 Å². The van der Waals surface area contributed by atoms with Crippen molar-refractivity contribution in [3.63, 3.8) is 0 Å². The molecule has 8 nitrogen and oxygen atoms in total. The van der Waals surface area contributed by atoms with Gasteiger partial charge in [0.25, 0.3) is 0 Å². The van der Waals surface area contributed by atoms with Crippen molar-refractivity contribution in [3.8, 4) is 0 Å². The number of hydrogen-bond donors (Lipinski definition) is 4. The van der Waals surface area contributed by atoms with Gasteiger partial charge in [0.1, 0.15) is 6.04 Å². The van der Waals surface area contributed by atoms with Gasteiger partial charge in [-0.25, -0.2) is 9.78 Å². The lowest BCUT2D eigenvalue weighted by Gasteiger charge is -2.27. The summed E-state index contributed by atoms with van der Waals surface area (Å²) in [6, 6.07) is -0.939. The fraction of sp³-hybridized carbons (Fsp3) is 0.583. The number of carboxylic acid groups (broad SMARTS) is 1. The van der Waals surface area contributed by atoms with E-state index in [1.165, 1.54) is 6.33 Å². The minimum atomic E-state index is -1.05. The Kier molecular flexibility index (Phi) is 5.08. The van der Waals surface area contributed by atoms with Gasteiger partial charge in [0.05, 0.1) is 12.9 Å². The number of rotatable bonds is 6. The van der Waals surface area contributed by atoms with Crippen molar-refractivity contribution < 1.29 is 14.7 Å². The third-order valence-electron chi connectivity index (χ3n) is 3.19. The van der Waals surface area contributed by atoms with Gasteiger partial charge in [-0.2, -0.15) is 0 Å². The van der Waals surface area contributed by atoms with Gasteiger partial charge < -0.3 is 20.7 Å². The fourth-order valence-corrected chi connectivity index (χ4v) is 2.13. The molecule has 1 fully saturated rings. The highest BCUT2D eigenvalue weighted by Gasteiger charge is 2.22. The summed E-state index contributed by atoms with van der Waals surface area (Å²) >= 11 is 0. The quantitative estimate of drug-likeness (QED) is 0.501. The average molecular weight is 281 g/mol. The number of nitrogens with one attached hydrogen (secondary N) is 3. The zero-order chi connectivity index (χ0) is 14.4. The number of amides is 1. The van der Waals surface area contributed by atoms with E-state index in [1.54, 1.807) is 6.20 Å². The van der Waals surface area contributed by atoms with Crippen LogP contribution in [-0.4, -0.2) is 70.6 Å². The lowest BCUT2D eigenvalue weighted by Crippen LogP contribution is -2.50. The Hall–Kier alpha value is -1.93. The third-order valence-corrected chi connectivity index (χ3v) is 3.19. The molecule has 1 unspecified atom stereocenters. The monoisotopic (exact) mass is 281 g/mol. The molecule has 0 aromatic carbocycles. The minimum Gasteiger partial charge on any atom is -0.480 e. The average Bonchev–Trinajstić information content (AvgIpc) is 2.92. The van der Waals surface area contributed by atoms with Crippen LogP contribution in [0.3, 0.4) is 0 Å². The second-order valence-electron chi connectivity index (χ2n) is 4.77. The van der Waals surface area contributed by atoms with Crippen LogP contribution < -0.4 is 10.6 Å². The molecular formula is C12H19N5O3. The summed E-state index contributed by atoms with van der Waals surface area (Å²) in [5.74, 6) is -1.31. The molecule has 1 saturated heterocycles. The van der Waals surface area contributed by atoms with E-state index in [2.05, 4.69) is 20.6 Å². The molecular weight excluding hydrogens is 262 g/mol. The zero-order valence-corrected chi connectivity index (χ0v) is 11.1. The topological polar surface area (TPSA) is 110 Å². The Morgan fingerprint density at radius 2 is 2.20 bits per heavy atom. The van der Waals surface area contributed by atoms with Crippen LogP contribution in [0.1, 0.15) is 5.69 Å². The van der Waals surface area contributed by atoms with Crippen LogP contribution >= 0.6 is 0 Å². The van der Waals surface area contributed by atoms with Gasteiger partial charge in [0.15, 0.2) is 0 Å². The van der Waals surface area contributed by atoms with E-state index in [0.717, 1.165) is 26.2 Å². The smallest absolute Gasteiger partial charge is 0.326 e. The summed E-state index contributed by atoms with van der Waals surface area (Å²) in [4.78, 5) is 31.7. The van der Waals surface area contributed by atoms with Crippen LogP contribution in [0.25, 0.3) is 0 Å². The SMILES string of the molecule is O=C(CN1CCNCC1)NC(Cc1cnc[nH]1)C(=O)O. The maximum atomic E-state index is 11.9. The number of aromatic nitrogens is 2. The van der Waals surface area contributed by atoms with Crippen molar-refractivity contribution in [1.82, 2.24) is 25.5 Å². The molecule has 1 atom stereocenters. The van der Waals surface area contributed by atoms with Crippen molar-refractivity contribution in [2.75, 3.05) is 32.7 Å². The lowest BCUT2D eigenvalue weighted by atomic mass is 10.1. The summed E-state index contributed by atoms with van der Waals surface area (Å²) in [6.07, 6.45) is 3.23. The second-order valence-corrected chi connectivity index (χ2v) is 4.77. The van der Waals surface area contributed by atoms with Gasteiger partial charge in [0.2, 0.25) is 5.91 Å². The van der Waals surface area contributed by atoms with Crippen molar-refractivity contribution in [2.24, 2.45) is 0 Å². The maximum absolute atomic E-state index is 11.9. The Labute approximate surface area is 116 Å². The van der Waals surface area contributed by atoms with Crippen LogP contribution in [0.15, 0.2) is 12.5 Å². The van der Waals surface area contributed by atoms with E-state index in [-0.39, 0.29) is 18.9 Å². The summed E-state index contributed by atoms with van der Waals surface area (Å²) in [6.45, 7) is 3.53. The van der Waals surface area contributed by atoms with Gasteiger partial charge in [-0.3, -0.25) is 9.69 Å². The molecule has 0 bridgehead atoms. The molecule has 2 rings (SSSR count). The van der Waals surface area contributed by atoms with Crippen LogP contribution in [0.5, 0.6) is 0 Å². The number of aromatic amines is 1. The maximum Gasteiger partial charge on any atom is 0.326 e. The molecule has 0 spiro atoms. The molecule has 0 saturated carbocycles. The number of aliphatic carboxylic acids is 1. The van der Waals surface area contributed by atoms with Gasteiger partial charge in [-0.1, -0.05) is 0 Å². The van der Waals surface area contributed by atoms with E-state index < -0.39 is 12.0 Å². The Balaban J connectivity index is 1.83. The molecule has 1 aliphatic rings. The molecule has 1 aromatic heterocycles. The van der Waals surface area contributed by atoms with Gasteiger partial charge in [0, 0.05) is 44.5 Å². The van der Waals surface area contributed by atoms with Crippen LogP contribution in [0.4, 0.5) is 0 Å². The molecule has 2 heterocycles. The first kappa shape index (κ1) is 14.5. The summed E-state index contributed by atoms with van der Waals surface area (Å²) < 4.78 is 0. The molecule has 110 valence electrons. The van der Waals surface area contributed by atoms with Gasteiger partial charge in [-0.05, 0) is 0 Å². The first-order valence-corrected chi connectivity index (χ1v) is 6.57. The fourth-order valence-electron chi connectivity index (χ4n) is 2.13. The number of hydrogen-bond acceptors (Lipinski definition) is 5. The molecule has 1 amide bonds. The highest BCUT2D eigenvalue weighted by molar-refractivity contribution is 5.84. The van der Waals surface area contributed by atoms with Crippen LogP contribution in [0, 0.1) is 0 Å². The standard InChI is InChI=1S/C12H19N5O3/c18-11(7-17-3-1-13-2-4-17)16-10(12(19)20)5-9-6-14-8-15-9/h6,8,10,13H,1-5,7H2,(H,14,15)(H,16,18)(H,19,20). The molecule has 0 aliphatic carbocycles. The number of carboxylic acids is 1. The first-order chi connectivity index (χ1) is 9.65. The molecule has 4 N–H and O–H groups in total. The van der Waals surface area contributed by atoms with Crippen molar-refractivity contribution >= 4 is 11.9 Å². The number of carbonyl (C=O) groups is 2. The molecule has 1 aliphatic heterocycles. The second kappa shape index (κ2) is 7.01. The Morgan fingerprint density at radius 3 is 2.80 bits per heavy atom. The van der Waals surface area contributed by atoms with E-state index in [4.69, 9.17) is 5.11 Å². The summed E-state index contributed by atoms with van der Waals surface area (Å²) in [5.41, 5.74) is 0.680. The lowest BCUT2D eigenvalue weighted by molar-refractivity contribution is -0.142. The largest absolute Gasteiger partial charge is 0.480 e. The minimum absolute atomic E-state index is 0.197. The molecule has 0 radical (unpaired) electrons. The predicted molar refractivity (Wildman–Crippen MR) is 71.2 cm³/mol. The van der Waals surface area contributed by atoms with Crippen LogP contribution in [-0.2, 0) is 16.0 Å². The van der Waals surface area contributed by atoms with E-state index in [0.29, 0.717) is 5.69 Å². The van der Waals surface area contributed by atoms with Gasteiger partial charge in [-0.15, -0.1) is 0 Å². The first-order valence-electron chi connectivity index (χ1n) is 6.57. The zero-order valence-electron chi connectivity index (χ0n) is 11.1. The Morgan fingerprint density at radius 1 is 1.45 bits per heavy atom. The number of piperazine rings is 1. The van der Waals surface area contributed by atoms with Crippen molar-refractivity contribution in [2.45, 2.75) is 12.5 Å². The normalized spacial score (nSPS) is 17.6. The van der Waals surface area contributed by atoms with E-state index in [9.17, 15) is 9.59 Å². The number of nitrogens with zero attached hydrogens (tertiary/aromatic N) is 2. The van der Waals surface area contributed by atoms with Crippen molar-refractivity contribution in [1.29, 1.82) is 0 Å². The van der Waals surface area contributed by atoms with Crippen LogP contribution in [0.2, 0.25) is 0 Å². The third kappa shape index (κ3) is 4.32. The Bertz CT molecular complexity index is 442. The number of carbonyl (C=O) groups excluding carboxylic acids is 1. The molecule has 8 heteroatoms. The summed E-state index contributed by atoms with van der Waals surface area (Å²) in [5, 5.41) is 14.9. The van der Waals surface area contributed by atoms with Gasteiger partial charge >= 0.3 is 5.97 Å². The molecule has 20 heavy (non-hydrogen) atoms. The number of H-pyrrole nitrogens is 1. The highest BCUT2D eigenvalue weighted by atomic mass is 16.4. The number of imidazole rings is 1. The van der Waals surface area contributed by atoms with E-state index in [1.807, 2.05) is 4.90 Å².